The third-order valence-electron chi connectivity index (χ3n) is 5.43. The first-order valence-corrected chi connectivity index (χ1v) is 12.2. The predicted molar refractivity (Wildman–Crippen MR) is 145 cm³/mol. The molecule has 0 amide bonds. The molecule has 4 nitrogen and oxygen atoms in total. The lowest BCUT2D eigenvalue weighted by atomic mass is 9.93. The summed E-state index contributed by atoms with van der Waals surface area (Å²) >= 11 is 5.95. The molecule has 0 spiro atoms. The third-order valence-corrected chi connectivity index (χ3v) is 5.76. The molecule has 188 valence electrons. The van der Waals surface area contributed by atoms with Gasteiger partial charge in [-0.25, -0.2) is 4.39 Å². The van der Waals surface area contributed by atoms with Crippen molar-refractivity contribution in [2.24, 2.45) is 0 Å². The summed E-state index contributed by atoms with van der Waals surface area (Å²) in [5.74, 6) is 0.281. The Morgan fingerprint density at radius 2 is 0.865 bits per heavy atom. The Balaban J connectivity index is 0.000000278. The highest BCUT2D eigenvalue weighted by Crippen LogP contribution is 2.27. The van der Waals surface area contributed by atoms with E-state index in [4.69, 9.17) is 32.6 Å². The van der Waals surface area contributed by atoms with E-state index in [0.717, 1.165) is 11.1 Å². The van der Waals surface area contributed by atoms with Gasteiger partial charge < -0.3 is 0 Å². The number of nitrogens with zero attached hydrogens (tertiary/aromatic N) is 4. The van der Waals surface area contributed by atoms with Crippen LogP contribution in [0, 0.1) is 51.1 Å². The summed E-state index contributed by atoms with van der Waals surface area (Å²) < 4.78 is 13.1. The van der Waals surface area contributed by atoms with E-state index in [9.17, 15) is 4.39 Å². The fraction of sp³-hybridized carbons (Fsp3) is 0.290. The molecule has 6 heteroatoms. The lowest BCUT2D eigenvalue weighted by molar-refractivity contribution is 0.597. The van der Waals surface area contributed by atoms with E-state index in [0.29, 0.717) is 38.8 Å². The number of nitriles is 4. The van der Waals surface area contributed by atoms with E-state index in [-0.39, 0.29) is 17.7 Å². The highest BCUT2D eigenvalue weighted by molar-refractivity contribution is 6.31. The number of hydrogen-bond acceptors (Lipinski definition) is 4. The van der Waals surface area contributed by atoms with Crippen LogP contribution in [0.3, 0.4) is 0 Å². The minimum absolute atomic E-state index is 0.0563. The number of benzene rings is 3. The molecular weight excluding hydrogens is 483 g/mol. The summed E-state index contributed by atoms with van der Waals surface area (Å²) in [6.45, 7) is 11.8. The van der Waals surface area contributed by atoms with Crippen LogP contribution in [0.5, 0.6) is 0 Å². The zero-order valence-corrected chi connectivity index (χ0v) is 22.7. The largest absolute Gasteiger partial charge is 0.207 e. The summed E-state index contributed by atoms with van der Waals surface area (Å²) in [5, 5.41) is 35.8. The number of rotatable bonds is 3. The van der Waals surface area contributed by atoms with Crippen molar-refractivity contribution < 1.29 is 4.39 Å². The van der Waals surface area contributed by atoms with Crippen LogP contribution in [0.15, 0.2) is 54.6 Å². The molecule has 0 fully saturated rings. The molecule has 3 aromatic rings. The van der Waals surface area contributed by atoms with Gasteiger partial charge in [-0.3, -0.25) is 0 Å². The number of halogens is 2. The minimum Gasteiger partial charge on any atom is -0.207 e. The SMILES string of the molecule is CC(C)c1c(C#N)cccc1C#N.CC(C)c1c(Cl)cccc1C#N.CC(C)c1c(F)cccc1C#N. The molecule has 0 atom stereocenters. The lowest BCUT2D eigenvalue weighted by Gasteiger charge is -2.08. The van der Waals surface area contributed by atoms with Crippen LogP contribution in [0.4, 0.5) is 4.39 Å². The first-order valence-electron chi connectivity index (χ1n) is 11.8. The van der Waals surface area contributed by atoms with Gasteiger partial charge in [0.1, 0.15) is 5.82 Å². The van der Waals surface area contributed by atoms with Crippen LogP contribution in [0.2, 0.25) is 5.02 Å². The molecule has 0 heterocycles. The zero-order valence-electron chi connectivity index (χ0n) is 22.0. The average Bonchev–Trinajstić information content (AvgIpc) is 2.87. The van der Waals surface area contributed by atoms with Gasteiger partial charge in [-0.1, -0.05) is 71.3 Å². The van der Waals surface area contributed by atoms with Gasteiger partial charge in [0.2, 0.25) is 0 Å². The molecule has 0 radical (unpaired) electrons. The Kier molecular flexibility index (Phi) is 12.6. The molecule has 0 bridgehead atoms. The van der Waals surface area contributed by atoms with Crippen LogP contribution in [-0.4, -0.2) is 0 Å². The second-order valence-electron chi connectivity index (χ2n) is 9.08. The third kappa shape index (κ3) is 8.47. The second-order valence-corrected chi connectivity index (χ2v) is 9.49. The molecule has 0 aromatic heterocycles. The predicted octanol–water partition coefficient (Wildman–Crippen LogP) is 8.71. The smallest absolute Gasteiger partial charge is 0.127 e. The minimum atomic E-state index is -0.288. The maximum atomic E-state index is 13.1. The quantitative estimate of drug-likeness (QED) is 0.350. The Morgan fingerprint density at radius 3 is 1.19 bits per heavy atom. The first kappa shape index (κ1) is 30.9. The van der Waals surface area contributed by atoms with Gasteiger partial charge in [0.15, 0.2) is 0 Å². The molecule has 0 aliphatic carbocycles. The summed E-state index contributed by atoms with van der Waals surface area (Å²) in [4.78, 5) is 0. The van der Waals surface area contributed by atoms with Crippen LogP contribution in [-0.2, 0) is 0 Å². The summed E-state index contributed by atoms with van der Waals surface area (Å²) in [6.07, 6.45) is 0. The van der Waals surface area contributed by atoms with Crippen molar-refractivity contribution in [2.45, 2.75) is 59.3 Å². The van der Waals surface area contributed by atoms with Gasteiger partial charge in [-0.05, 0) is 65.3 Å². The van der Waals surface area contributed by atoms with Gasteiger partial charge in [-0.15, -0.1) is 0 Å². The Morgan fingerprint density at radius 1 is 0.541 bits per heavy atom. The van der Waals surface area contributed by atoms with Crippen LogP contribution in [0.1, 0.15) is 98.2 Å². The Hall–Kier alpha value is -4.16. The van der Waals surface area contributed by atoms with E-state index in [2.05, 4.69) is 18.2 Å². The van der Waals surface area contributed by atoms with E-state index in [1.54, 1.807) is 42.5 Å². The van der Waals surface area contributed by atoms with E-state index < -0.39 is 0 Å². The van der Waals surface area contributed by atoms with Crippen molar-refractivity contribution in [3.05, 3.63) is 104 Å². The lowest BCUT2D eigenvalue weighted by Crippen LogP contribution is -1.96. The molecule has 0 N–H and O–H groups in total. The highest BCUT2D eigenvalue weighted by atomic mass is 35.5. The molecule has 3 aromatic carbocycles. The summed E-state index contributed by atoms with van der Waals surface area (Å²) in [6, 6.07) is 23.5. The molecule has 0 saturated heterocycles. The fourth-order valence-electron chi connectivity index (χ4n) is 3.82. The van der Waals surface area contributed by atoms with Crippen molar-refractivity contribution >= 4 is 11.6 Å². The van der Waals surface area contributed by atoms with Gasteiger partial charge in [0.25, 0.3) is 0 Å². The topological polar surface area (TPSA) is 95.2 Å². The van der Waals surface area contributed by atoms with Crippen LogP contribution >= 0.6 is 11.6 Å². The van der Waals surface area contributed by atoms with Gasteiger partial charge in [0.05, 0.1) is 46.5 Å². The number of hydrogen-bond donors (Lipinski definition) is 0. The average molecular weight is 513 g/mol. The summed E-state index contributed by atoms with van der Waals surface area (Å²) in [7, 11) is 0. The molecule has 37 heavy (non-hydrogen) atoms. The highest BCUT2D eigenvalue weighted by Gasteiger charge is 2.12. The van der Waals surface area contributed by atoms with E-state index in [1.807, 2.05) is 53.7 Å². The molecule has 0 aliphatic rings. The molecular formula is C31H30ClFN4. The molecule has 0 saturated carbocycles. The van der Waals surface area contributed by atoms with Crippen LogP contribution in [0.25, 0.3) is 0 Å². The first-order chi connectivity index (χ1) is 17.5. The van der Waals surface area contributed by atoms with Crippen molar-refractivity contribution in [2.75, 3.05) is 0 Å². The van der Waals surface area contributed by atoms with Crippen molar-refractivity contribution in [1.29, 1.82) is 21.0 Å². The van der Waals surface area contributed by atoms with Gasteiger partial charge >= 0.3 is 0 Å². The fourth-order valence-corrected chi connectivity index (χ4v) is 4.22. The van der Waals surface area contributed by atoms with E-state index >= 15 is 0 Å². The van der Waals surface area contributed by atoms with Crippen molar-refractivity contribution in [3.63, 3.8) is 0 Å². The van der Waals surface area contributed by atoms with Crippen LogP contribution < -0.4 is 0 Å². The Labute approximate surface area is 224 Å². The Bertz CT molecular complexity index is 1280. The van der Waals surface area contributed by atoms with Crippen molar-refractivity contribution in [1.82, 2.24) is 0 Å². The van der Waals surface area contributed by atoms with Crippen molar-refractivity contribution in [3.8, 4) is 24.3 Å². The maximum Gasteiger partial charge on any atom is 0.127 e. The summed E-state index contributed by atoms with van der Waals surface area (Å²) in [5.41, 5.74) is 4.64. The maximum absolute atomic E-state index is 13.1. The zero-order chi connectivity index (χ0) is 28.1. The van der Waals surface area contributed by atoms with Gasteiger partial charge in [-0.2, -0.15) is 21.0 Å². The van der Waals surface area contributed by atoms with E-state index in [1.165, 1.54) is 6.07 Å². The monoisotopic (exact) mass is 512 g/mol. The molecule has 3 rings (SSSR count). The van der Waals surface area contributed by atoms with Gasteiger partial charge in [0, 0.05) is 10.6 Å². The second kappa shape index (κ2) is 15.1. The normalized spacial score (nSPS) is 9.70. The molecule has 0 aliphatic heterocycles. The standard InChI is InChI=1S/C11H10N2.C10H10ClN.C10H10FN/c1-8(2)11-9(6-12)4-3-5-10(11)7-13;2*1-7(2)10-8(6-12)4-3-5-9(10)11/h3-5,8H,1-2H3;2*3-5,7H,1-2H3. The molecule has 0 unspecified atom stereocenters.